The zero-order chi connectivity index (χ0) is 25.4. The fourth-order valence-electron chi connectivity index (χ4n) is 3.91. The molecule has 3 amide bonds. The Kier molecular flexibility index (Phi) is 19.3. The second-order valence-corrected chi connectivity index (χ2v) is 9.32. The molecule has 0 saturated heterocycles. The van der Waals surface area contributed by atoms with E-state index in [1.807, 2.05) is 0 Å². The van der Waals surface area contributed by atoms with E-state index in [1.165, 1.54) is 102 Å². The molecule has 35 heavy (non-hydrogen) atoms. The van der Waals surface area contributed by atoms with Gasteiger partial charge in [0.15, 0.2) is 0 Å². The summed E-state index contributed by atoms with van der Waals surface area (Å²) in [5, 5.41) is 12.0. The number of rotatable bonds is 21. The Morgan fingerprint density at radius 1 is 0.714 bits per heavy atom. The van der Waals surface area contributed by atoms with E-state index < -0.39 is 6.03 Å². The molecule has 1 rings (SSSR count). The number of hydrogen-bond donors (Lipinski definition) is 4. The molecule has 0 radical (unpaired) electrons. The van der Waals surface area contributed by atoms with Crippen molar-refractivity contribution in [2.75, 3.05) is 13.2 Å². The molecule has 4 N–H and O–H groups in total. The highest BCUT2D eigenvalue weighted by molar-refractivity contribution is 5.81. The van der Waals surface area contributed by atoms with E-state index in [0.717, 1.165) is 12.8 Å². The van der Waals surface area contributed by atoms with Gasteiger partial charge in [0.2, 0.25) is 5.91 Å². The van der Waals surface area contributed by atoms with Gasteiger partial charge in [0, 0.05) is 6.54 Å². The van der Waals surface area contributed by atoms with Crippen molar-refractivity contribution in [2.45, 2.75) is 116 Å². The summed E-state index contributed by atoms with van der Waals surface area (Å²) in [6, 6.07) is 5.87. The van der Waals surface area contributed by atoms with Gasteiger partial charge in [0.1, 0.15) is 11.5 Å². The molecule has 0 fully saturated rings. The van der Waals surface area contributed by atoms with Crippen LogP contribution >= 0.6 is 0 Å². The second kappa shape index (κ2) is 22.1. The molecule has 1 aromatic carbocycles. The molecule has 7 heteroatoms. The number of carbonyl (C=O) groups is 2. The molecule has 0 spiro atoms. The summed E-state index contributed by atoms with van der Waals surface area (Å²) in [6.45, 7) is 3.05. The number of urea groups is 1. The minimum absolute atomic E-state index is 0.111. The molecular formula is C28H49N3O4. The van der Waals surface area contributed by atoms with Crippen LogP contribution in [0.3, 0.4) is 0 Å². The number of nitrogens with one attached hydrogen (secondary N) is 3. The maximum Gasteiger partial charge on any atom is 0.333 e. The van der Waals surface area contributed by atoms with Gasteiger partial charge in [-0.3, -0.25) is 10.2 Å². The maximum atomic E-state index is 11.8. The van der Waals surface area contributed by atoms with Crippen molar-refractivity contribution in [1.29, 1.82) is 0 Å². The van der Waals surface area contributed by atoms with Crippen LogP contribution in [0.4, 0.5) is 4.79 Å². The monoisotopic (exact) mass is 491 g/mol. The van der Waals surface area contributed by atoms with Crippen molar-refractivity contribution >= 4 is 11.9 Å². The minimum atomic E-state index is -0.404. The lowest BCUT2D eigenvalue weighted by Crippen LogP contribution is -2.47. The fraction of sp³-hybridized carbons (Fsp3) is 0.714. The molecule has 0 bridgehead atoms. The largest absolute Gasteiger partial charge is 0.508 e. The second-order valence-electron chi connectivity index (χ2n) is 9.32. The van der Waals surface area contributed by atoms with Crippen molar-refractivity contribution in [3.8, 4) is 11.5 Å². The molecule has 0 heterocycles. The number of hydrazine groups is 1. The number of amides is 3. The van der Waals surface area contributed by atoms with E-state index in [4.69, 9.17) is 4.74 Å². The summed E-state index contributed by atoms with van der Waals surface area (Å²) in [5.74, 6) is 0.395. The SMILES string of the molecule is CCCCCCCCCCCCCCCCCCNC(=O)NNC(=O)CCOc1ccc(O)cc1. The highest BCUT2D eigenvalue weighted by Crippen LogP contribution is 2.16. The molecule has 0 aromatic heterocycles. The van der Waals surface area contributed by atoms with E-state index in [2.05, 4.69) is 23.1 Å². The lowest BCUT2D eigenvalue weighted by molar-refractivity contribution is -0.122. The van der Waals surface area contributed by atoms with E-state index >= 15 is 0 Å². The van der Waals surface area contributed by atoms with Crippen LogP contribution in [0, 0.1) is 0 Å². The van der Waals surface area contributed by atoms with Crippen LogP contribution in [0.2, 0.25) is 0 Å². The average Bonchev–Trinajstić information content (AvgIpc) is 2.86. The predicted octanol–water partition coefficient (Wildman–Crippen LogP) is 6.75. The number of hydrogen-bond acceptors (Lipinski definition) is 4. The Labute approximate surface area is 212 Å². The molecule has 0 aliphatic carbocycles. The van der Waals surface area contributed by atoms with Crippen LogP contribution in [0.25, 0.3) is 0 Å². The number of carbonyl (C=O) groups excluding carboxylic acids is 2. The van der Waals surface area contributed by atoms with E-state index in [0.29, 0.717) is 12.3 Å². The standard InChI is InChI=1S/C28H49N3O4/c1-2-3-4-5-6-7-8-9-10-11-12-13-14-15-16-17-23-29-28(34)31-30-27(33)22-24-35-26-20-18-25(32)19-21-26/h18-21,32H,2-17,22-24H2,1H3,(H,30,33)(H2,29,31,34). The minimum Gasteiger partial charge on any atom is -0.508 e. The quantitative estimate of drug-likeness (QED) is 0.113. The molecule has 7 nitrogen and oxygen atoms in total. The first-order chi connectivity index (χ1) is 17.1. The summed E-state index contributed by atoms with van der Waals surface area (Å²) in [4.78, 5) is 23.5. The van der Waals surface area contributed by atoms with Crippen LogP contribution in [-0.4, -0.2) is 30.2 Å². The van der Waals surface area contributed by atoms with Gasteiger partial charge >= 0.3 is 6.03 Å². The van der Waals surface area contributed by atoms with Gasteiger partial charge in [0.25, 0.3) is 0 Å². The lowest BCUT2D eigenvalue weighted by Gasteiger charge is -2.10. The first kappa shape index (κ1) is 30.6. The van der Waals surface area contributed by atoms with Crippen molar-refractivity contribution in [3.05, 3.63) is 24.3 Å². The first-order valence-electron chi connectivity index (χ1n) is 13.9. The summed E-state index contributed by atoms with van der Waals surface area (Å²) in [5.41, 5.74) is 4.72. The van der Waals surface area contributed by atoms with Gasteiger partial charge < -0.3 is 15.2 Å². The molecule has 0 atom stereocenters. The summed E-state index contributed by atoms with van der Waals surface area (Å²) >= 11 is 0. The summed E-state index contributed by atoms with van der Waals surface area (Å²) < 4.78 is 5.40. The normalized spacial score (nSPS) is 10.7. The Bertz CT molecular complexity index is 652. The summed E-state index contributed by atoms with van der Waals surface area (Å²) in [7, 11) is 0. The first-order valence-corrected chi connectivity index (χ1v) is 13.9. The Hall–Kier alpha value is -2.44. The number of phenols is 1. The average molecular weight is 492 g/mol. The predicted molar refractivity (Wildman–Crippen MR) is 142 cm³/mol. The van der Waals surface area contributed by atoms with Gasteiger partial charge in [-0.15, -0.1) is 0 Å². The van der Waals surface area contributed by atoms with Crippen LogP contribution in [-0.2, 0) is 4.79 Å². The van der Waals surface area contributed by atoms with Crippen LogP contribution in [0.15, 0.2) is 24.3 Å². The Balaban J connectivity index is 1.80. The highest BCUT2D eigenvalue weighted by atomic mass is 16.5. The van der Waals surface area contributed by atoms with E-state index in [-0.39, 0.29) is 24.7 Å². The number of benzene rings is 1. The van der Waals surface area contributed by atoms with E-state index in [9.17, 15) is 14.7 Å². The topological polar surface area (TPSA) is 99.7 Å². The molecule has 0 aliphatic rings. The number of ether oxygens (including phenoxy) is 1. The van der Waals surface area contributed by atoms with Crippen LogP contribution < -0.4 is 20.9 Å². The van der Waals surface area contributed by atoms with Gasteiger partial charge in [-0.1, -0.05) is 103 Å². The highest BCUT2D eigenvalue weighted by Gasteiger charge is 2.05. The third-order valence-corrected chi connectivity index (χ3v) is 6.07. The van der Waals surface area contributed by atoms with Crippen molar-refractivity contribution < 1.29 is 19.4 Å². The molecular weight excluding hydrogens is 442 g/mol. The lowest BCUT2D eigenvalue weighted by atomic mass is 10.0. The maximum absolute atomic E-state index is 11.8. The van der Waals surface area contributed by atoms with Crippen molar-refractivity contribution in [3.63, 3.8) is 0 Å². The molecule has 0 aliphatic heterocycles. The zero-order valence-electron chi connectivity index (χ0n) is 21.9. The summed E-state index contributed by atoms with van der Waals surface area (Å²) in [6.07, 6.45) is 21.3. The number of phenolic OH excluding ortho intramolecular Hbond substituents is 1. The molecule has 200 valence electrons. The van der Waals surface area contributed by atoms with Crippen molar-refractivity contribution in [1.82, 2.24) is 16.2 Å². The third kappa shape index (κ3) is 19.5. The van der Waals surface area contributed by atoms with Gasteiger partial charge in [-0.05, 0) is 30.7 Å². The Morgan fingerprint density at radius 2 is 1.20 bits per heavy atom. The smallest absolute Gasteiger partial charge is 0.333 e. The van der Waals surface area contributed by atoms with Gasteiger partial charge in [0.05, 0.1) is 13.0 Å². The third-order valence-electron chi connectivity index (χ3n) is 6.07. The van der Waals surface area contributed by atoms with Crippen LogP contribution in [0.1, 0.15) is 116 Å². The van der Waals surface area contributed by atoms with E-state index in [1.54, 1.807) is 12.1 Å². The van der Waals surface area contributed by atoms with Gasteiger partial charge in [-0.2, -0.15) is 0 Å². The zero-order valence-corrected chi connectivity index (χ0v) is 21.9. The molecule has 1 aromatic rings. The Morgan fingerprint density at radius 3 is 1.71 bits per heavy atom. The van der Waals surface area contributed by atoms with Crippen LogP contribution in [0.5, 0.6) is 11.5 Å². The number of aromatic hydroxyl groups is 1. The van der Waals surface area contributed by atoms with Gasteiger partial charge in [-0.25, -0.2) is 10.2 Å². The number of unbranched alkanes of at least 4 members (excludes halogenated alkanes) is 15. The molecule has 0 unspecified atom stereocenters. The molecule has 0 saturated carbocycles. The van der Waals surface area contributed by atoms with Crippen molar-refractivity contribution in [2.24, 2.45) is 0 Å². The fourth-order valence-corrected chi connectivity index (χ4v) is 3.91.